The smallest absolute Gasteiger partial charge is 0.134 e. The monoisotopic (exact) mass is 216 g/mol. The van der Waals surface area contributed by atoms with Crippen molar-refractivity contribution >= 4 is 0 Å². The van der Waals surface area contributed by atoms with E-state index in [0.717, 1.165) is 23.5 Å². The van der Waals surface area contributed by atoms with E-state index in [1.165, 1.54) is 18.4 Å². The zero-order chi connectivity index (χ0) is 11.4. The molecule has 2 rings (SSSR count). The molecule has 0 saturated carbocycles. The molecule has 0 saturated heterocycles. The van der Waals surface area contributed by atoms with Crippen LogP contribution in [-0.4, -0.2) is 20.4 Å². The predicted octanol–water partition coefficient (Wildman–Crippen LogP) is 2.52. The van der Waals surface area contributed by atoms with Gasteiger partial charge in [0.1, 0.15) is 5.69 Å². The van der Waals surface area contributed by atoms with Gasteiger partial charge in [-0.1, -0.05) is 19.4 Å². The lowest BCUT2D eigenvalue weighted by Gasteiger charge is -2.00. The minimum Gasteiger partial charge on any atom is -0.254 e. The molecular weight excluding hydrogens is 200 g/mol. The third-order valence-corrected chi connectivity index (χ3v) is 2.61. The molecule has 0 fully saturated rings. The summed E-state index contributed by atoms with van der Waals surface area (Å²) >= 11 is 0. The molecule has 2 aromatic heterocycles. The van der Waals surface area contributed by atoms with Gasteiger partial charge in [-0.25, -0.2) is 0 Å². The Morgan fingerprint density at radius 1 is 1.25 bits per heavy atom. The third-order valence-electron chi connectivity index (χ3n) is 2.61. The summed E-state index contributed by atoms with van der Waals surface area (Å²) in [6.45, 7) is 4.12. The molecule has 0 unspecified atom stereocenters. The standard InChI is InChI=1S/C12H16N4/c1-3-4-5-10-6-7-11(13-8-10)12-9(2)14-16-15-12/h6-8H,3-5H2,1-2H3,(H,14,15,16). The lowest BCUT2D eigenvalue weighted by Crippen LogP contribution is -1.90. The van der Waals surface area contributed by atoms with E-state index in [2.05, 4.69) is 33.4 Å². The highest BCUT2D eigenvalue weighted by atomic mass is 15.3. The molecule has 2 heterocycles. The second-order valence-corrected chi connectivity index (χ2v) is 3.91. The van der Waals surface area contributed by atoms with Gasteiger partial charge in [-0.2, -0.15) is 15.4 Å². The maximum absolute atomic E-state index is 4.41. The van der Waals surface area contributed by atoms with Crippen LogP contribution in [0, 0.1) is 6.92 Å². The fraction of sp³-hybridized carbons (Fsp3) is 0.417. The number of aryl methyl sites for hydroxylation is 2. The van der Waals surface area contributed by atoms with Gasteiger partial charge in [-0.05, 0) is 31.4 Å². The van der Waals surface area contributed by atoms with E-state index in [1.54, 1.807) is 0 Å². The zero-order valence-corrected chi connectivity index (χ0v) is 9.70. The average Bonchev–Trinajstić information content (AvgIpc) is 2.74. The minimum absolute atomic E-state index is 0.835. The number of aromatic amines is 1. The number of pyridine rings is 1. The van der Waals surface area contributed by atoms with Crippen molar-refractivity contribution in [3.63, 3.8) is 0 Å². The summed E-state index contributed by atoms with van der Waals surface area (Å²) in [6, 6.07) is 4.13. The number of H-pyrrole nitrogens is 1. The lowest BCUT2D eigenvalue weighted by atomic mass is 10.1. The molecule has 0 radical (unpaired) electrons. The first-order valence-corrected chi connectivity index (χ1v) is 5.64. The van der Waals surface area contributed by atoms with Crippen molar-refractivity contribution in [2.45, 2.75) is 33.1 Å². The van der Waals surface area contributed by atoms with Gasteiger partial charge in [-0.15, -0.1) is 0 Å². The summed E-state index contributed by atoms with van der Waals surface area (Å²) in [5.74, 6) is 0. The topological polar surface area (TPSA) is 54.5 Å². The first-order valence-electron chi connectivity index (χ1n) is 5.64. The highest BCUT2D eigenvalue weighted by Gasteiger charge is 2.06. The SMILES string of the molecule is CCCCc1ccc(-c2n[nH]nc2C)nc1. The average molecular weight is 216 g/mol. The molecule has 2 aromatic rings. The van der Waals surface area contributed by atoms with E-state index in [1.807, 2.05) is 19.2 Å². The highest BCUT2D eigenvalue weighted by molar-refractivity contribution is 5.55. The second-order valence-electron chi connectivity index (χ2n) is 3.91. The Balaban J connectivity index is 2.16. The van der Waals surface area contributed by atoms with Crippen LogP contribution in [0.15, 0.2) is 18.3 Å². The normalized spacial score (nSPS) is 10.6. The van der Waals surface area contributed by atoms with Crippen molar-refractivity contribution in [1.82, 2.24) is 20.4 Å². The maximum Gasteiger partial charge on any atom is 0.134 e. The summed E-state index contributed by atoms with van der Waals surface area (Å²) in [5, 5.41) is 10.7. The van der Waals surface area contributed by atoms with Gasteiger partial charge >= 0.3 is 0 Å². The van der Waals surface area contributed by atoms with Gasteiger partial charge in [0, 0.05) is 6.20 Å². The van der Waals surface area contributed by atoms with Crippen LogP contribution in [0.3, 0.4) is 0 Å². The number of nitrogens with zero attached hydrogens (tertiary/aromatic N) is 3. The summed E-state index contributed by atoms with van der Waals surface area (Å²) in [7, 11) is 0. The first-order chi connectivity index (χ1) is 7.81. The van der Waals surface area contributed by atoms with Crippen LogP contribution in [0.4, 0.5) is 0 Å². The van der Waals surface area contributed by atoms with Gasteiger partial charge in [-0.3, -0.25) is 4.98 Å². The van der Waals surface area contributed by atoms with E-state index in [4.69, 9.17) is 0 Å². The maximum atomic E-state index is 4.41. The predicted molar refractivity (Wildman–Crippen MR) is 63.0 cm³/mol. The third kappa shape index (κ3) is 2.27. The molecule has 0 bridgehead atoms. The number of nitrogens with one attached hydrogen (secondary N) is 1. The highest BCUT2D eigenvalue weighted by Crippen LogP contribution is 2.16. The molecule has 0 aliphatic rings. The van der Waals surface area contributed by atoms with Crippen LogP contribution in [0.25, 0.3) is 11.4 Å². The first kappa shape index (κ1) is 10.8. The number of unbranched alkanes of at least 4 members (excludes halogenated alkanes) is 1. The van der Waals surface area contributed by atoms with Crippen LogP contribution in [0.1, 0.15) is 31.0 Å². The van der Waals surface area contributed by atoms with Crippen molar-refractivity contribution in [3.05, 3.63) is 29.6 Å². The fourth-order valence-electron chi connectivity index (χ4n) is 1.62. The summed E-state index contributed by atoms with van der Waals surface area (Å²) in [5.41, 5.74) is 3.88. The molecule has 0 amide bonds. The summed E-state index contributed by atoms with van der Waals surface area (Å²) < 4.78 is 0. The van der Waals surface area contributed by atoms with Crippen molar-refractivity contribution in [2.24, 2.45) is 0 Å². The van der Waals surface area contributed by atoms with Gasteiger partial charge in [0.15, 0.2) is 0 Å². The molecule has 0 spiro atoms. The second kappa shape index (κ2) is 4.88. The largest absolute Gasteiger partial charge is 0.254 e. The molecule has 84 valence electrons. The van der Waals surface area contributed by atoms with Crippen molar-refractivity contribution < 1.29 is 0 Å². The van der Waals surface area contributed by atoms with Crippen LogP contribution in [0.2, 0.25) is 0 Å². The van der Waals surface area contributed by atoms with E-state index in [9.17, 15) is 0 Å². The number of aromatic nitrogens is 4. The van der Waals surface area contributed by atoms with E-state index in [-0.39, 0.29) is 0 Å². The molecule has 16 heavy (non-hydrogen) atoms. The van der Waals surface area contributed by atoms with Crippen molar-refractivity contribution in [2.75, 3.05) is 0 Å². The van der Waals surface area contributed by atoms with Crippen LogP contribution >= 0.6 is 0 Å². The summed E-state index contributed by atoms with van der Waals surface area (Å²) in [6.07, 6.45) is 5.45. The number of hydrogen-bond donors (Lipinski definition) is 1. The Kier molecular flexibility index (Phi) is 3.29. The van der Waals surface area contributed by atoms with Gasteiger partial charge in [0.25, 0.3) is 0 Å². The van der Waals surface area contributed by atoms with Gasteiger partial charge in [0.2, 0.25) is 0 Å². The van der Waals surface area contributed by atoms with E-state index < -0.39 is 0 Å². The number of hydrogen-bond acceptors (Lipinski definition) is 3. The Bertz CT molecular complexity index is 444. The number of rotatable bonds is 4. The van der Waals surface area contributed by atoms with Crippen LogP contribution in [-0.2, 0) is 6.42 Å². The molecular formula is C12H16N4. The van der Waals surface area contributed by atoms with Gasteiger partial charge in [0.05, 0.1) is 11.4 Å². The molecule has 0 atom stereocenters. The van der Waals surface area contributed by atoms with Gasteiger partial charge < -0.3 is 0 Å². The fourth-order valence-corrected chi connectivity index (χ4v) is 1.62. The van der Waals surface area contributed by atoms with Crippen LogP contribution in [0.5, 0.6) is 0 Å². The Morgan fingerprint density at radius 3 is 2.69 bits per heavy atom. The zero-order valence-electron chi connectivity index (χ0n) is 9.70. The van der Waals surface area contributed by atoms with E-state index in [0.29, 0.717) is 0 Å². The Hall–Kier alpha value is -1.71. The Morgan fingerprint density at radius 2 is 2.12 bits per heavy atom. The molecule has 0 aliphatic carbocycles. The minimum atomic E-state index is 0.835. The summed E-state index contributed by atoms with van der Waals surface area (Å²) in [4.78, 5) is 4.41. The molecule has 1 N–H and O–H groups in total. The Labute approximate surface area is 95.1 Å². The molecule has 4 nitrogen and oxygen atoms in total. The lowest BCUT2D eigenvalue weighted by molar-refractivity contribution is 0.792. The molecule has 0 aromatic carbocycles. The molecule has 4 heteroatoms. The van der Waals surface area contributed by atoms with Crippen molar-refractivity contribution in [1.29, 1.82) is 0 Å². The van der Waals surface area contributed by atoms with Crippen LogP contribution < -0.4 is 0 Å². The van der Waals surface area contributed by atoms with E-state index >= 15 is 0 Å². The van der Waals surface area contributed by atoms with Crippen molar-refractivity contribution in [3.8, 4) is 11.4 Å². The quantitative estimate of drug-likeness (QED) is 0.854. The molecule has 0 aliphatic heterocycles.